The molecule has 1 aliphatic heterocycles. The molecule has 0 bridgehead atoms. The van der Waals surface area contributed by atoms with Gasteiger partial charge in [0.2, 0.25) is 5.91 Å². The minimum atomic E-state index is -0.732. The second-order valence-electron chi connectivity index (χ2n) is 16.3. The number of nitrogens with two attached hydrogens (primary N) is 1. The van der Waals surface area contributed by atoms with Crippen molar-refractivity contribution in [2.45, 2.75) is 59.1 Å². The van der Waals surface area contributed by atoms with Gasteiger partial charge in [0, 0.05) is 60.9 Å². The zero-order valence-corrected chi connectivity index (χ0v) is 34.3. The average Bonchev–Trinajstić information content (AvgIpc) is 3.22. The first-order valence-electron chi connectivity index (χ1n) is 19.6. The number of carbonyl (C=O) groups is 1. The van der Waals surface area contributed by atoms with Gasteiger partial charge in [0.1, 0.15) is 41.1 Å². The topological polar surface area (TPSA) is 185 Å². The molecular formula is C44H46ClN9O5. The molecule has 0 spiro atoms. The van der Waals surface area contributed by atoms with Gasteiger partial charge in [-0.2, -0.15) is 10.5 Å². The Balaban J connectivity index is 0.986. The number of unbranched alkanes of at least 4 members (excludes halogenated alkanes) is 2. The molecule has 0 radical (unpaired) electrons. The number of piperazine rings is 1. The van der Waals surface area contributed by atoms with Crippen molar-refractivity contribution in [2.75, 3.05) is 44.2 Å². The summed E-state index contributed by atoms with van der Waals surface area (Å²) in [6.45, 7) is 12.9. The molecule has 2 fully saturated rings. The monoisotopic (exact) mass is 815 g/mol. The van der Waals surface area contributed by atoms with E-state index in [9.17, 15) is 24.9 Å². The van der Waals surface area contributed by atoms with E-state index in [4.69, 9.17) is 26.8 Å². The van der Waals surface area contributed by atoms with Crippen LogP contribution in [0.3, 0.4) is 0 Å². The summed E-state index contributed by atoms with van der Waals surface area (Å²) in [5, 5.41) is 20.3. The predicted molar refractivity (Wildman–Crippen MR) is 224 cm³/mol. The van der Waals surface area contributed by atoms with E-state index in [1.165, 1.54) is 21.5 Å². The molecule has 5 aromatic rings. The highest BCUT2D eigenvalue weighted by Gasteiger charge is 2.65. The molecule has 2 N–H and O–H groups in total. The Morgan fingerprint density at radius 2 is 1.61 bits per heavy atom. The van der Waals surface area contributed by atoms with Crippen LogP contribution < -0.4 is 31.4 Å². The van der Waals surface area contributed by atoms with Crippen molar-refractivity contribution in [2.24, 2.45) is 16.6 Å². The number of aromatic nitrogens is 4. The third kappa shape index (κ3) is 8.11. The van der Waals surface area contributed by atoms with E-state index >= 15 is 0 Å². The number of carbonyl (C=O) groups excluding carboxylic acids is 1. The number of rotatable bonds is 13. The van der Waals surface area contributed by atoms with Gasteiger partial charge in [-0.15, -0.1) is 0 Å². The second kappa shape index (κ2) is 16.6. The molecule has 4 heterocycles. The first-order valence-corrected chi connectivity index (χ1v) is 20.0. The van der Waals surface area contributed by atoms with Crippen molar-refractivity contribution in [3.05, 3.63) is 116 Å². The number of anilines is 1. The molecule has 2 aromatic carbocycles. The predicted octanol–water partition coefficient (Wildman–Crippen LogP) is 5.86. The van der Waals surface area contributed by atoms with Crippen LogP contribution >= 0.6 is 11.6 Å². The number of ether oxygens (including phenoxy) is 2. The van der Waals surface area contributed by atoms with Crippen LogP contribution in [0, 0.1) is 33.5 Å². The molecule has 7 rings (SSSR count). The van der Waals surface area contributed by atoms with Gasteiger partial charge >= 0.3 is 5.69 Å². The van der Waals surface area contributed by atoms with Crippen LogP contribution in [0.2, 0.25) is 5.02 Å². The van der Waals surface area contributed by atoms with E-state index in [-0.39, 0.29) is 10.6 Å². The molecule has 1 aliphatic carbocycles. The van der Waals surface area contributed by atoms with Crippen molar-refractivity contribution in [1.82, 2.24) is 24.0 Å². The lowest BCUT2D eigenvalue weighted by atomic mass is 9.49. The second-order valence-corrected chi connectivity index (χ2v) is 16.7. The van der Waals surface area contributed by atoms with Crippen molar-refractivity contribution in [3.8, 4) is 29.3 Å². The van der Waals surface area contributed by atoms with Crippen molar-refractivity contribution >= 4 is 34.2 Å². The maximum Gasteiger partial charge on any atom is 0.335 e. The van der Waals surface area contributed by atoms with E-state index in [0.717, 1.165) is 63.2 Å². The zero-order valence-electron chi connectivity index (χ0n) is 33.5. The van der Waals surface area contributed by atoms with Gasteiger partial charge in [0.15, 0.2) is 0 Å². The van der Waals surface area contributed by atoms with Crippen molar-refractivity contribution in [1.29, 1.82) is 10.5 Å². The molecule has 304 valence electrons. The van der Waals surface area contributed by atoms with E-state index in [1.54, 1.807) is 36.5 Å². The van der Waals surface area contributed by atoms with Gasteiger partial charge in [-0.05, 0) is 74.3 Å². The minimum absolute atomic E-state index is 0.176. The molecule has 3 aromatic heterocycles. The van der Waals surface area contributed by atoms with Crippen molar-refractivity contribution < 1.29 is 14.3 Å². The number of fused-ring (bicyclic) bond motifs is 1. The molecule has 14 nitrogen and oxygen atoms in total. The quantitative estimate of drug-likeness (QED) is 0.140. The average molecular weight is 816 g/mol. The van der Waals surface area contributed by atoms with Gasteiger partial charge in [-0.1, -0.05) is 39.3 Å². The van der Waals surface area contributed by atoms with Crippen LogP contribution in [-0.4, -0.2) is 75.3 Å². The van der Waals surface area contributed by atoms with Gasteiger partial charge in [-0.25, -0.2) is 9.78 Å². The van der Waals surface area contributed by atoms with Crippen LogP contribution in [-0.2, 0) is 0 Å². The highest BCUT2D eigenvalue weighted by molar-refractivity contribution is 6.31. The molecule has 15 heteroatoms. The lowest BCUT2D eigenvalue weighted by molar-refractivity contribution is -0.189. The van der Waals surface area contributed by atoms with Crippen LogP contribution in [0.25, 0.3) is 16.6 Å². The van der Waals surface area contributed by atoms with Gasteiger partial charge in [-0.3, -0.25) is 28.6 Å². The molecule has 0 unspecified atom stereocenters. The summed E-state index contributed by atoms with van der Waals surface area (Å²) >= 11 is 6.28. The molecule has 0 atom stereocenters. The number of nitriles is 2. The smallest absolute Gasteiger partial charge is 0.335 e. The zero-order chi connectivity index (χ0) is 42.1. The molecule has 59 heavy (non-hydrogen) atoms. The van der Waals surface area contributed by atoms with Crippen LogP contribution in [0.15, 0.2) is 82.8 Å². The van der Waals surface area contributed by atoms with Crippen LogP contribution in [0.1, 0.15) is 74.5 Å². The summed E-state index contributed by atoms with van der Waals surface area (Å²) < 4.78 is 15.0. The Kier molecular flexibility index (Phi) is 11.5. The minimum Gasteiger partial charge on any atom is -0.494 e. The Morgan fingerprint density at radius 3 is 2.27 bits per heavy atom. The SMILES string of the molecule is CC1(C)C(Oc2ccc(C#N)c(Cl)c2)C(C)(C)C1n1c(=O)c(C#N)cn(-c2cnc3ccc(OCCCCCN4CCN(c5ccc(C(N)=O)cn5)CC4)cc3c2)c1=O. The fraction of sp³-hybridized carbons (Fsp3) is 0.386. The van der Waals surface area contributed by atoms with Gasteiger partial charge < -0.3 is 20.1 Å². The number of halogens is 1. The van der Waals surface area contributed by atoms with Crippen LogP contribution in [0.5, 0.6) is 11.5 Å². The lowest BCUT2D eigenvalue weighted by Crippen LogP contribution is -2.69. The number of amides is 1. The molecule has 2 aliphatic rings. The van der Waals surface area contributed by atoms with E-state index in [0.29, 0.717) is 40.4 Å². The van der Waals surface area contributed by atoms with E-state index in [1.807, 2.05) is 64.1 Å². The summed E-state index contributed by atoms with van der Waals surface area (Å²) in [7, 11) is 0. The normalized spacial score (nSPS) is 18.4. The maximum absolute atomic E-state index is 14.3. The Hall–Kier alpha value is -6.22. The lowest BCUT2D eigenvalue weighted by Gasteiger charge is -2.63. The Morgan fingerprint density at radius 1 is 0.881 bits per heavy atom. The van der Waals surface area contributed by atoms with E-state index in [2.05, 4.69) is 19.8 Å². The summed E-state index contributed by atoms with van der Waals surface area (Å²) in [5.74, 6) is 1.51. The Labute approximate surface area is 347 Å². The number of primary amides is 1. The first-order chi connectivity index (χ1) is 28.2. The highest BCUT2D eigenvalue weighted by Crippen LogP contribution is 2.62. The molecule has 1 saturated carbocycles. The Bertz CT molecular complexity index is 2580. The number of hydrogen-bond acceptors (Lipinski definition) is 11. The largest absolute Gasteiger partial charge is 0.494 e. The third-order valence-corrected chi connectivity index (χ3v) is 11.9. The molecular weight excluding hydrogens is 770 g/mol. The number of nitrogens with zero attached hydrogens (tertiary/aromatic N) is 8. The number of pyridine rings is 2. The fourth-order valence-corrected chi connectivity index (χ4v) is 9.19. The maximum atomic E-state index is 14.3. The highest BCUT2D eigenvalue weighted by atomic mass is 35.5. The number of benzene rings is 2. The fourth-order valence-electron chi connectivity index (χ4n) is 8.98. The van der Waals surface area contributed by atoms with E-state index < -0.39 is 40.1 Å². The number of hydrogen-bond donors (Lipinski definition) is 1. The molecule has 1 amide bonds. The van der Waals surface area contributed by atoms with Crippen molar-refractivity contribution in [3.63, 3.8) is 0 Å². The first kappa shape index (κ1) is 41.0. The standard InChI is InChI=1S/C44H46ClN9O5/c1-43(2)40(44(3,4)41(43)59-34-10-8-28(23-46)35(45)22-34)54-39(56)31(24-47)27-53(42(54)57)32-20-30-21-33(11-12-36(30)49-26-32)58-19-7-5-6-14-51-15-17-52(18-16-51)37-13-9-29(25-50-37)38(48)55/h8-13,20-22,25-27,40-41H,5-7,14-19H2,1-4H3,(H2,48,55). The van der Waals surface area contributed by atoms with Crippen LogP contribution in [0.4, 0.5) is 5.82 Å². The summed E-state index contributed by atoms with van der Waals surface area (Å²) in [6.07, 6.45) is 6.87. The summed E-state index contributed by atoms with van der Waals surface area (Å²) in [6, 6.07) is 19.2. The van der Waals surface area contributed by atoms with Gasteiger partial charge in [0.05, 0.1) is 46.2 Å². The summed E-state index contributed by atoms with van der Waals surface area (Å²) in [5.41, 5.74) is 4.26. The van der Waals surface area contributed by atoms with Gasteiger partial charge in [0.25, 0.3) is 5.56 Å². The third-order valence-electron chi connectivity index (χ3n) is 11.6. The molecule has 1 saturated heterocycles. The summed E-state index contributed by atoms with van der Waals surface area (Å²) in [4.78, 5) is 53.1.